The number of nitrogens with zero attached hydrogens (tertiary/aromatic N) is 2. The lowest BCUT2D eigenvalue weighted by Crippen LogP contribution is -1.88. The molecule has 0 aromatic carbocycles. The highest BCUT2D eigenvalue weighted by atomic mass is 16.5. The topological polar surface area (TPSA) is 44.2 Å². The first kappa shape index (κ1) is 13.5. The number of rotatable bonds is 2. The van der Waals surface area contributed by atoms with Crippen molar-refractivity contribution in [1.82, 2.24) is 9.97 Å². The minimum absolute atomic E-state index is 0.615. The van der Waals surface area contributed by atoms with Crippen LogP contribution >= 0.6 is 0 Å². The summed E-state index contributed by atoms with van der Waals surface area (Å²) in [7, 11) is 1.60. The molecule has 1 aliphatic heterocycles. The van der Waals surface area contributed by atoms with Crippen molar-refractivity contribution in [1.29, 1.82) is 0 Å². The van der Waals surface area contributed by atoms with E-state index >= 15 is 0 Å². The fourth-order valence-electron chi connectivity index (χ4n) is 1.70. The van der Waals surface area contributed by atoms with Gasteiger partial charge in [-0.1, -0.05) is 6.07 Å². The molecule has 4 heteroatoms. The Morgan fingerprint density at radius 2 is 1.89 bits per heavy atom. The van der Waals surface area contributed by atoms with Gasteiger partial charge in [-0.05, 0) is 31.0 Å². The third kappa shape index (κ3) is 4.34. The van der Waals surface area contributed by atoms with Crippen LogP contribution in [0.2, 0.25) is 0 Å². The first-order chi connectivity index (χ1) is 9.40. The van der Waals surface area contributed by atoms with Crippen molar-refractivity contribution in [3.8, 4) is 17.1 Å². The van der Waals surface area contributed by atoms with Crippen LogP contribution in [0.15, 0.2) is 42.7 Å². The van der Waals surface area contributed by atoms with Crippen molar-refractivity contribution < 1.29 is 9.47 Å². The second-order valence-electron chi connectivity index (χ2n) is 4.12. The van der Waals surface area contributed by atoms with Crippen LogP contribution in [0, 0.1) is 0 Å². The smallest absolute Gasteiger partial charge is 0.212 e. The molecule has 1 aliphatic rings. The van der Waals surface area contributed by atoms with Gasteiger partial charge >= 0.3 is 0 Å². The summed E-state index contributed by atoms with van der Waals surface area (Å²) in [6.45, 7) is 2.00. The van der Waals surface area contributed by atoms with E-state index in [4.69, 9.17) is 9.47 Å². The maximum atomic E-state index is 4.97. The van der Waals surface area contributed by atoms with Gasteiger partial charge in [-0.3, -0.25) is 4.98 Å². The summed E-state index contributed by atoms with van der Waals surface area (Å²) in [6, 6.07) is 9.55. The van der Waals surface area contributed by atoms with E-state index in [1.165, 1.54) is 12.8 Å². The zero-order chi connectivity index (χ0) is 13.3. The number of hydrogen-bond donors (Lipinski definition) is 0. The Morgan fingerprint density at radius 3 is 2.37 bits per heavy atom. The molecule has 0 spiro atoms. The molecule has 4 nitrogen and oxygen atoms in total. The van der Waals surface area contributed by atoms with Crippen LogP contribution in [-0.2, 0) is 4.74 Å². The van der Waals surface area contributed by atoms with Gasteiger partial charge < -0.3 is 9.47 Å². The summed E-state index contributed by atoms with van der Waals surface area (Å²) in [5.41, 5.74) is 1.91. The van der Waals surface area contributed by atoms with Crippen LogP contribution in [0.3, 0.4) is 0 Å². The van der Waals surface area contributed by atoms with Crippen LogP contribution in [0.1, 0.15) is 12.8 Å². The van der Waals surface area contributed by atoms with Gasteiger partial charge in [-0.25, -0.2) is 4.98 Å². The summed E-state index contributed by atoms with van der Waals surface area (Å²) < 4.78 is 9.92. The van der Waals surface area contributed by atoms with E-state index in [1.54, 1.807) is 19.5 Å². The van der Waals surface area contributed by atoms with Gasteiger partial charge in [0.1, 0.15) is 0 Å². The maximum Gasteiger partial charge on any atom is 0.212 e. The quantitative estimate of drug-likeness (QED) is 0.830. The van der Waals surface area contributed by atoms with Gasteiger partial charge in [-0.2, -0.15) is 0 Å². The van der Waals surface area contributed by atoms with Gasteiger partial charge in [-0.15, -0.1) is 0 Å². The van der Waals surface area contributed by atoms with E-state index in [1.807, 2.05) is 30.3 Å². The fraction of sp³-hybridized carbons (Fsp3) is 0.333. The van der Waals surface area contributed by atoms with Gasteiger partial charge in [0, 0.05) is 37.2 Å². The lowest BCUT2D eigenvalue weighted by Gasteiger charge is -2.01. The fourth-order valence-corrected chi connectivity index (χ4v) is 1.70. The number of hydrogen-bond acceptors (Lipinski definition) is 4. The molecule has 0 aliphatic carbocycles. The average molecular weight is 258 g/mol. The van der Waals surface area contributed by atoms with E-state index in [9.17, 15) is 0 Å². The van der Waals surface area contributed by atoms with E-state index in [0.717, 1.165) is 24.5 Å². The predicted octanol–water partition coefficient (Wildman–Crippen LogP) is 2.95. The molecule has 2 aromatic heterocycles. The molecule has 0 amide bonds. The van der Waals surface area contributed by atoms with E-state index < -0.39 is 0 Å². The van der Waals surface area contributed by atoms with Crippen LogP contribution in [-0.4, -0.2) is 30.3 Å². The van der Waals surface area contributed by atoms with Gasteiger partial charge in [0.05, 0.1) is 12.8 Å². The molecule has 1 saturated heterocycles. The van der Waals surface area contributed by atoms with Crippen molar-refractivity contribution in [2.24, 2.45) is 0 Å². The summed E-state index contributed by atoms with van der Waals surface area (Å²) in [5.74, 6) is 0.615. The highest BCUT2D eigenvalue weighted by molar-refractivity contribution is 5.57. The average Bonchev–Trinajstić information content (AvgIpc) is 3.08. The minimum Gasteiger partial charge on any atom is -0.481 e. The molecular weight excluding hydrogens is 240 g/mol. The molecule has 2 aromatic rings. The highest BCUT2D eigenvalue weighted by Gasteiger charge is 1.98. The zero-order valence-electron chi connectivity index (χ0n) is 11.1. The Hall–Kier alpha value is -1.94. The van der Waals surface area contributed by atoms with Crippen molar-refractivity contribution in [2.45, 2.75) is 12.8 Å². The van der Waals surface area contributed by atoms with Crippen molar-refractivity contribution in [3.05, 3.63) is 42.7 Å². The second-order valence-corrected chi connectivity index (χ2v) is 4.12. The standard InChI is InChI=1S/C11H10N2O.C4H8O/c1-14-11-6-5-9(8-13-11)10-4-2-3-7-12-10;1-2-4-5-3-1/h2-8H,1H3;1-4H2. The Kier molecular flexibility index (Phi) is 5.31. The molecular formula is C15H18N2O2. The van der Waals surface area contributed by atoms with Gasteiger partial charge in [0.15, 0.2) is 0 Å². The molecule has 0 radical (unpaired) electrons. The number of ether oxygens (including phenoxy) is 2. The lowest BCUT2D eigenvalue weighted by atomic mass is 10.2. The molecule has 3 heterocycles. The first-order valence-corrected chi connectivity index (χ1v) is 6.39. The molecule has 3 rings (SSSR count). The Labute approximate surface area is 113 Å². The third-order valence-electron chi connectivity index (χ3n) is 2.73. The summed E-state index contributed by atoms with van der Waals surface area (Å²) in [6.07, 6.45) is 6.07. The normalized spacial score (nSPS) is 13.5. The number of aromatic nitrogens is 2. The predicted molar refractivity (Wildman–Crippen MR) is 74.1 cm³/mol. The third-order valence-corrected chi connectivity index (χ3v) is 2.73. The van der Waals surface area contributed by atoms with E-state index in [0.29, 0.717) is 5.88 Å². The van der Waals surface area contributed by atoms with Gasteiger partial charge in [0.25, 0.3) is 0 Å². The molecule has 100 valence electrons. The van der Waals surface area contributed by atoms with Crippen molar-refractivity contribution in [3.63, 3.8) is 0 Å². The molecule has 0 atom stereocenters. The number of pyridine rings is 2. The van der Waals surface area contributed by atoms with Crippen LogP contribution in [0.5, 0.6) is 5.88 Å². The Bertz CT molecular complexity index is 460. The maximum absolute atomic E-state index is 4.97. The summed E-state index contributed by atoms with van der Waals surface area (Å²) in [5, 5.41) is 0. The van der Waals surface area contributed by atoms with E-state index in [-0.39, 0.29) is 0 Å². The van der Waals surface area contributed by atoms with Crippen molar-refractivity contribution in [2.75, 3.05) is 20.3 Å². The Morgan fingerprint density at radius 1 is 1.05 bits per heavy atom. The van der Waals surface area contributed by atoms with Gasteiger partial charge in [0.2, 0.25) is 5.88 Å². The van der Waals surface area contributed by atoms with Crippen LogP contribution < -0.4 is 4.74 Å². The molecule has 1 fully saturated rings. The monoisotopic (exact) mass is 258 g/mol. The molecule has 0 unspecified atom stereocenters. The van der Waals surface area contributed by atoms with Crippen LogP contribution in [0.25, 0.3) is 11.3 Å². The van der Waals surface area contributed by atoms with E-state index in [2.05, 4.69) is 9.97 Å². The van der Waals surface area contributed by atoms with Crippen LogP contribution in [0.4, 0.5) is 0 Å². The second kappa shape index (κ2) is 7.48. The lowest BCUT2D eigenvalue weighted by molar-refractivity contribution is 0.198. The summed E-state index contributed by atoms with van der Waals surface area (Å²) >= 11 is 0. The molecule has 19 heavy (non-hydrogen) atoms. The Balaban J connectivity index is 0.000000224. The SMILES string of the molecule is C1CCOC1.COc1ccc(-c2ccccn2)cn1. The number of methoxy groups -OCH3 is 1. The molecule has 0 bridgehead atoms. The zero-order valence-corrected chi connectivity index (χ0v) is 11.1. The first-order valence-electron chi connectivity index (χ1n) is 6.39. The van der Waals surface area contributed by atoms with Crippen molar-refractivity contribution >= 4 is 0 Å². The highest BCUT2D eigenvalue weighted by Crippen LogP contribution is 2.16. The molecule has 0 N–H and O–H groups in total. The minimum atomic E-state index is 0.615. The largest absolute Gasteiger partial charge is 0.481 e. The molecule has 0 saturated carbocycles. The summed E-state index contributed by atoms with van der Waals surface area (Å²) in [4.78, 5) is 8.33.